The molecule has 1 fully saturated rings. The first kappa shape index (κ1) is 19.0. The summed E-state index contributed by atoms with van der Waals surface area (Å²) in [6.07, 6.45) is 0. The zero-order valence-corrected chi connectivity index (χ0v) is 16.6. The Morgan fingerprint density at radius 2 is 1.69 bits per heavy atom. The van der Waals surface area contributed by atoms with E-state index in [1.807, 2.05) is 6.07 Å². The molecule has 0 atom stereocenters. The van der Waals surface area contributed by atoms with Crippen LogP contribution in [0.3, 0.4) is 0 Å². The average molecular weight is 392 g/mol. The maximum Gasteiger partial charge on any atom is 0.329 e. The van der Waals surface area contributed by atoms with Crippen LogP contribution in [0.2, 0.25) is 0 Å². The number of benzene rings is 2. The minimum absolute atomic E-state index is 0.214. The number of hydrogen-bond acceptors (Lipinski definition) is 4. The number of anilines is 1. The van der Waals surface area contributed by atoms with Crippen molar-refractivity contribution in [1.29, 1.82) is 0 Å². The summed E-state index contributed by atoms with van der Waals surface area (Å²) in [5.74, 6) is -0.214. The van der Waals surface area contributed by atoms with Crippen LogP contribution in [-0.2, 0) is 11.3 Å². The van der Waals surface area contributed by atoms with Crippen LogP contribution >= 0.6 is 0 Å². The summed E-state index contributed by atoms with van der Waals surface area (Å²) in [4.78, 5) is 44.4. The van der Waals surface area contributed by atoms with Gasteiger partial charge in [0, 0.05) is 31.9 Å². The molecule has 150 valence electrons. The first-order valence-corrected chi connectivity index (χ1v) is 9.76. The fourth-order valence-electron chi connectivity index (χ4n) is 3.85. The van der Waals surface area contributed by atoms with E-state index in [-0.39, 0.29) is 12.5 Å². The normalized spacial score (nSPS) is 14.4. The standard InChI is InChI=1S/C22H24N4O3/c1-15-6-5-9-19(16(15)2)24-10-12-25(13-11-24)20(27)14-26-21(28)17-7-3-4-8-18(17)23-22(26)29/h3-9H,10-14H2,1-2H3,(H,23,29). The number of rotatable bonds is 3. The first-order chi connectivity index (χ1) is 14.0. The van der Waals surface area contributed by atoms with Crippen LogP contribution < -0.4 is 16.1 Å². The SMILES string of the molecule is Cc1cccc(N2CCN(C(=O)Cn3c(=O)[nH]c4ccccc4c3=O)CC2)c1C. The smallest absolute Gasteiger partial charge is 0.329 e. The number of H-pyrrole nitrogens is 1. The highest BCUT2D eigenvalue weighted by Gasteiger charge is 2.23. The minimum atomic E-state index is -0.559. The van der Waals surface area contributed by atoms with Crippen molar-refractivity contribution in [3.05, 3.63) is 74.4 Å². The number of nitrogens with zero attached hydrogens (tertiary/aromatic N) is 3. The number of carbonyl (C=O) groups excluding carboxylic acids is 1. The van der Waals surface area contributed by atoms with Crippen molar-refractivity contribution in [3.63, 3.8) is 0 Å². The highest BCUT2D eigenvalue weighted by Crippen LogP contribution is 2.23. The Morgan fingerprint density at radius 1 is 0.966 bits per heavy atom. The number of aromatic amines is 1. The lowest BCUT2D eigenvalue weighted by molar-refractivity contribution is -0.132. The van der Waals surface area contributed by atoms with Crippen LogP contribution in [0.1, 0.15) is 11.1 Å². The fourth-order valence-corrected chi connectivity index (χ4v) is 3.85. The maximum absolute atomic E-state index is 12.8. The molecule has 1 aliphatic rings. The summed E-state index contributed by atoms with van der Waals surface area (Å²) in [7, 11) is 0. The Morgan fingerprint density at radius 3 is 2.45 bits per heavy atom. The molecular formula is C22H24N4O3. The lowest BCUT2D eigenvalue weighted by atomic mass is 10.1. The van der Waals surface area contributed by atoms with Gasteiger partial charge in [-0.05, 0) is 43.2 Å². The predicted octanol–water partition coefficient (Wildman–Crippen LogP) is 1.66. The van der Waals surface area contributed by atoms with E-state index in [0.717, 1.165) is 17.7 Å². The highest BCUT2D eigenvalue weighted by molar-refractivity contribution is 5.79. The number of aromatic nitrogens is 2. The molecule has 1 saturated heterocycles. The maximum atomic E-state index is 12.8. The Balaban J connectivity index is 1.48. The van der Waals surface area contributed by atoms with Gasteiger partial charge in [0.2, 0.25) is 5.91 Å². The quantitative estimate of drug-likeness (QED) is 0.735. The summed E-state index contributed by atoms with van der Waals surface area (Å²) >= 11 is 0. The monoisotopic (exact) mass is 392 g/mol. The van der Waals surface area contributed by atoms with Crippen LogP contribution in [-0.4, -0.2) is 46.5 Å². The van der Waals surface area contributed by atoms with E-state index in [4.69, 9.17) is 0 Å². The molecule has 1 amide bonds. The first-order valence-electron chi connectivity index (χ1n) is 9.76. The number of hydrogen-bond donors (Lipinski definition) is 1. The predicted molar refractivity (Wildman–Crippen MR) is 114 cm³/mol. The molecule has 3 aromatic rings. The topological polar surface area (TPSA) is 78.4 Å². The van der Waals surface area contributed by atoms with E-state index in [9.17, 15) is 14.4 Å². The average Bonchev–Trinajstić information content (AvgIpc) is 2.73. The summed E-state index contributed by atoms with van der Waals surface area (Å²) in [5.41, 5.74) is 3.17. The van der Waals surface area contributed by atoms with Gasteiger partial charge in [0.25, 0.3) is 5.56 Å². The van der Waals surface area contributed by atoms with Crippen molar-refractivity contribution >= 4 is 22.5 Å². The molecule has 0 spiro atoms. The highest BCUT2D eigenvalue weighted by atomic mass is 16.2. The molecule has 7 heteroatoms. The molecule has 7 nitrogen and oxygen atoms in total. The van der Waals surface area contributed by atoms with E-state index < -0.39 is 11.2 Å². The van der Waals surface area contributed by atoms with Crippen LogP contribution in [0.25, 0.3) is 10.9 Å². The Hall–Kier alpha value is -3.35. The van der Waals surface area contributed by atoms with Crippen molar-refractivity contribution in [1.82, 2.24) is 14.5 Å². The molecule has 0 saturated carbocycles. The van der Waals surface area contributed by atoms with Gasteiger partial charge in [-0.25, -0.2) is 4.79 Å². The van der Waals surface area contributed by atoms with Crippen molar-refractivity contribution in [2.75, 3.05) is 31.1 Å². The van der Waals surface area contributed by atoms with E-state index in [0.29, 0.717) is 24.0 Å². The third-order valence-corrected chi connectivity index (χ3v) is 5.73. The summed E-state index contributed by atoms with van der Waals surface area (Å²) in [6, 6.07) is 13.1. The summed E-state index contributed by atoms with van der Waals surface area (Å²) in [6.45, 7) is 6.53. The fraction of sp³-hybridized carbons (Fsp3) is 0.318. The van der Waals surface area contributed by atoms with E-state index in [2.05, 4.69) is 35.9 Å². The summed E-state index contributed by atoms with van der Waals surface area (Å²) < 4.78 is 0.988. The van der Waals surface area contributed by atoms with Crippen molar-refractivity contribution in [3.8, 4) is 0 Å². The number of fused-ring (bicyclic) bond motifs is 1. The van der Waals surface area contributed by atoms with Crippen molar-refractivity contribution < 1.29 is 4.79 Å². The molecule has 0 bridgehead atoms. The van der Waals surface area contributed by atoms with E-state index in [1.54, 1.807) is 29.2 Å². The van der Waals surface area contributed by atoms with Gasteiger partial charge >= 0.3 is 5.69 Å². The van der Waals surface area contributed by atoms with Gasteiger partial charge in [0.05, 0.1) is 10.9 Å². The molecule has 2 heterocycles. The molecule has 1 aliphatic heterocycles. The molecule has 2 aromatic carbocycles. The van der Waals surface area contributed by atoms with Crippen molar-refractivity contribution in [2.45, 2.75) is 20.4 Å². The Kier molecular flexibility index (Phi) is 4.96. The van der Waals surface area contributed by atoms with E-state index >= 15 is 0 Å². The molecule has 4 rings (SSSR count). The van der Waals surface area contributed by atoms with Gasteiger partial charge in [-0.1, -0.05) is 24.3 Å². The Labute approximate surface area is 168 Å². The molecule has 0 radical (unpaired) electrons. The molecule has 29 heavy (non-hydrogen) atoms. The number of nitrogens with one attached hydrogen (secondary N) is 1. The van der Waals surface area contributed by atoms with Gasteiger partial charge in [-0.2, -0.15) is 0 Å². The summed E-state index contributed by atoms with van der Waals surface area (Å²) in [5, 5.41) is 0.402. The number of carbonyl (C=O) groups is 1. The number of amides is 1. The van der Waals surface area contributed by atoms with Gasteiger partial charge < -0.3 is 14.8 Å². The van der Waals surface area contributed by atoms with Crippen LogP contribution in [0.5, 0.6) is 0 Å². The van der Waals surface area contributed by atoms with Gasteiger partial charge in [-0.15, -0.1) is 0 Å². The van der Waals surface area contributed by atoms with Gasteiger partial charge in [0.1, 0.15) is 6.54 Å². The number of aryl methyl sites for hydroxylation is 1. The molecule has 0 unspecified atom stereocenters. The number of para-hydroxylation sites is 1. The third kappa shape index (κ3) is 3.55. The molecule has 1 aromatic heterocycles. The van der Waals surface area contributed by atoms with Crippen LogP contribution in [0.4, 0.5) is 5.69 Å². The van der Waals surface area contributed by atoms with Gasteiger partial charge in [-0.3, -0.25) is 14.2 Å². The Bertz CT molecular complexity index is 1190. The molecule has 1 N–H and O–H groups in total. The second-order valence-electron chi connectivity index (χ2n) is 7.45. The largest absolute Gasteiger partial charge is 0.368 e. The molecule has 0 aliphatic carbocycles. The van der Waals surface area contributed by atoms with E-state index in [1.165, 1.54) is 16.8 Å². The molecular weight excluding hydrogens is 368 g/mol. The van der Waals surface area contributed by atoms with Crippen molar-refractivity contribution in [2.24, 2.45) is 0 Å². The van der Waals surface area contributed by atoms with Crippen LogP contribution in [0.15, 0.2) is 52.1 Å². The zero-order valence-electron chi connectivity index (χ0n) is 16.6. The lowest BCUT2D eigenvalue weighted by Crippen LogP contribution is -2.51. The zero-order chi connectivity index (χ0) is 20.5. The second-order valence-corrected chi connectivity index (χ2v) is 7.45. The number of piperazine rings is 1. The second kappa shape index (κ2) is 7.58. The lowest BCUT2D eigenvalue weighted by Gasteiger charge is -2.37. The van der Waals surface area contributed by atoms with Crippen LogP contribution in [0, 0.1) is 13.8 Å². The third-order valence-electron chi connectivity index (χ3n) is 5.73. The van der Waals surface area contributed by atoms with Gasteiger partial charge in [0.15, 0.2) is 0 Å². The minimum Gasteiger partial charge on any atom is -0.368 e.